The first-order chi connectivity index (χ1) is 16.5. The highest BCUT2D eigenvalue weighted by molar-refractivity contribution is 8.18. The molecular weight excluding hydrogens is 452 g/mol. The van der Waals surface area contributed by atoms with E-state index in [1.807, 2.05) is 49.4 Å². The first-order valence-electron chi connectivity index (χ1n) is 10.7. The Morgan fingerprint density at radius 3 is 2.59 bits per heavy atom. The molecule has 0 radical (unpaired) electrons. The molecule has 0 aliphatic carbocycles. The van der Waals surface area contributed by atoms with E-state index in [1.54, 1.807) is 37.7 Å². The summed E-state index contributed by atoms with van der Waals surface area (Å²) >= 11 is 0.916. The van der Waals surface area contributed by atoms with Crippen LogP contribution in [0.1, 0.15) is 16.7 Å². The van der Waals surface area contributed by atoms with Gasteiger partial charge in [-0.05, 0) is 77.9 Å². The van der Waals surface area contributed by atoms with Gasteiger partial charge in [-0.3, -0.25) is 19.5 Å². The second-order valence-electron chi connectivity index (χ2n) is 7.55. The van der Waals surface area contributed by atoms with Crippen LogP contribution in [0.3, 0.4) is 0 Å². The number of rotatable bonds is 9. The molecule has 0 saturated carbocycles. The zero-order valence-electron chi connectivity index (χ0n) is 18.9. The molecule has 2 aromatic carbocycles. The van der Waals surface area contributed by atoms with Crippen LogP contribution in [0.15, 0.2) is 71.9 Å². The minimum atomic E-state index is -0.333. The summed E-state index contributed by atoms with van der Waals surface area (Å²) in [5, 5.41) is -0.312. The highest BCUT2D eigenvalue weighted by Gasteiger charge is 2.34. The number of imide groups is 1. The number of hydrogen-bond acceptors (Lipinski definition) is 7. The number of pyridine rings is 1. The number of hydrogen-bond donors (Lipinski definition) is 0. The summed E-state index contributed by atoms with van der Waals surface area (Å²) in [4.78, 5) is 30.8. The van der Waals surface area contributed by atoms with E-state index in [2.05, 4.69) is 4.98 Å². The smallest absolute Gasteiger partial charge is 0.293 e. The van der Waals surface area contributed by atoms with Crippen molar-refractivity contribution in [1.29, 1.82) is 0 Å². The van der Waals surface area contributed by atoms with Crippen LogP contribution >= 0.6 is 11.8 Å². The summed E-state index contributed by atoms with van der Waals surface area (Å²) in [6.45, 7) is 2.76. The van der Waals surface area contributed by atoms with E-state index in [9.17, 15) is 9.59 Å². The van der Waals surface area contributed by atoms with Gasteiger partial charge in [-0.1, -0.05) is 18.2 Å². The molecule has 1 aromatic heterocycles. The standard InChI is InChI=1S/C26H24N2O5S/c1-18-4-3-5-21(14-18)32-13-12-28-25(29)24(34-26(28)30)16-20-6-7-22(23(15-20)31-2)33-17-19-8-10-27-11-9-19/h3-11,14-16H,12-13,17H2,1-2H3/b24-16-. The zero-order chi connectivity index (χ0) is 23.9. The number of nitrogens with zero attached hydrogens (tertiary/aromatic N) is 2. The predicted octanol–water partition coefficient (Wildman–Crippen LogP) is 5.09. The maximum Gasteiger partial charge on any atom is 0.293 e. The van der Waals surface area contributed by atoms with Crippen molar-refractivity contribution in [3.05, 3.63) is 88.6 Å². The third-order valence-electron chi connectivity index (χ3n) is 5.08. The van der Waals surface area contributed by atoms with Gasteiger partial charge in [0.2, 0.25) is 0 Å². The minimum absolute atomic E-state index is 0.182. The fourth-order valence-corrected chi connectivity index (χ4v) is 4.20. The SMILES string of the molecule is COc1cc(/C=C2\SC(=O)N(CCOc3cccc(C)c3)C2=O)ccc1OCc1ccncc1. The summed E-state index contributed by atoms with van der Waals surface area (Å²) in [7, 11) is 1.56. The Balaban J connectivity index is 1.39. The van der Waals surface area contributed by atoms with Crippen molar-refractivity contribution in [1.82, 2.24) is 9.88 Å². The monoisotopic (exact) mass is 476 g/mol. The third kappa shape index (κ3) is 5.77. The molecule has 2 heterocycles. The number of carbonyl (C=O) groups is 2. The summed E-state index contributed by atoms with van der Waals surface area (Å²) in [6, 6.07) is 16.8. The fraction of sp³-hybridized carbons (Fsp3) is 0.192. The van der Waals surface area contributed by atoms with Crippen LogP contribution in [0.4, 0.5) is 4.79 Å². The molecule has 8 heteroatoms. The van der Waals surface area contributed by atoms with Crippen LogP contribution in [-0.4, -0.2) is 41.3 Å². The second-order valence-corrected chi connectivity index (χ2v) is 8.55. The van der Waals surface area contributed by atoms with Gasteiger partial charge in [-0.25, -0.2) is 0 Å². The van der Waals surface area contributed by atoms with Crippen molar-refractivity contribution in [2.45, 2.75) is 13.5 Å². The Labute approximate surface area is 202 Å². The first-order valence-corrected chi connectivity index (χ1v) is 11.5. The number of amides is 2. The van der Waals surface area contributed by atoms with Crippen LogP contribution in [0, 0.1) is 6.92 Å². The van der Waals surface area contributed by atoms with Crippen molar-refractivity contribution in [2.24, 2.45) is 0 Å². The van der Waals surface area contributed by atoms with E-state index in [-0.39, 0.29) is 24.3 Å². The molecule has 3 aromatic rings. The summed E-state index contributed by atoms with van der Waals surface area (Å²) in [6.07, 6.45) is 5.10. The molecule has 1 aliphatic rings. The molecule has 1 saturated heterocycles. The van der Waals surface area contributed by atoms with Crippen molar-refractivity contribution in [2.75, 3.05) is 20.3 Å². The van der Waals surface area contributed by atoms with Crippen molar-refractivity contribution < 1.29 is 23.8 Å². The molecule has 0 N–H and O–H groups in total. The topological polar surface area (TPSA) is 78.0 Å². The Hall–Kier alpha value is -3.78. The number of aromatic nitrogens is 1. The number of methoxy groups -OCH3 is 1. The number of carbonyl (C=O) groups excluding carboxylic acids is 2. The lowest BCUT2D eigenvalue weighted by molar-refractivity contribution is -0.123. The van der Waals surface area contributed by atoms with Gasteiger partial charge in [-0.2, -0.15) is 0 Å². The molecule has 34 heavy (non-hydrogen) atoms. The lowest BCUT2D eigenvalue weighted by atomic mass is 10.2. The van der Waals surface area contributed by atoms with E-state index in [0.717, 1.165) is 28.5 Å². The van der Waals surface area contributed by atoms with Crippen molar-refractivity contribution >= 4 is 29.0 Å². The Morgan fingerprint density at radius 2 is 1.82 bits per heavy atom. The molecule has 0 spiro atoms. The highest BCUT2D eigenvalue weighted by Crippen LogP contribution is 2.34. The lowest BCUT2D eigenvalue weighted by Crippen LogP contribution is -2.32. The zero-order valence-corrected chi connectivity index (χ0v) is 19.7. The first kappa shape index (κ1) is 23.4. The van der Waals surface area contributed by atoms with E-state index in [4.69, 9.17) is 14.2 Å². The molecule has 7 nitrogen and oxygen atoms in total. The van der Waals surface area contributed by atoms with Gasteiger partial charge in [0.05, 0.1) is 18.6 Å². The molecule has 1 aliphatic heterocycles. The van der Waals surface area contributed by atoms with Crippen molar-refractivity contribution in [3.8, 4) is 17.2 Å². The van der Waals surface area contributed by atoms with E-state index >= 15 is 0 Å². The van der Waals surface area contributed by atoms with Crippen LogP contribution in [0.2, 0.25) is 0 Å². The molecule has 2 amide bonds. The molecule has 0 atom stereocenters. The largest absolute Gasteiger partial charge is 0.493 e. The number of thioether (sulfide) groups is 1. The predicted molar refractivity (Wildman–Crippen MR) is 131 cm³/mol. The van der Waals surface area contributed by atoms with Crippen molar-refractivity contribution in [3.63, 3.8) is 0 Å². The second kappa shape index (κ2) is 10.9. The summed E-state index contributed by atoms with van der Waals surface area (Å²) in [5.74, 6) is 1.49. The fourth-order valence-electron chi connectivity index (χ4n) is 3.34. The van der Waals surface area contributed by atoms with Crippen LogP contribution in [0.25, 0.3) is 6.08 Å². The third-order valence-corrected chi connectivity index (χ3v) is 5.98. The maximum absolute atomic E-state index is 12.8. The number of ether oxygens (including phenoxy) is 3. The maximum atomic E-state index is 12.8. The number of benzene rings is 2. The van der Waals surface area contributed by atoms with E-state index in [1.165, 1.54) is 4.90 Å². The van der Waals surface area contributed by atoms with Gasteiger partial charge >= 0.3 is 0 Å². The molecular formula is C26H24N2O5S. The van der Waals surface area contributed by atoms with Gasteiger partial charge in [0, 0.05) is 12.4 Å². The minimum Gasteiger partial charge on any atom is -0.493 e. The van der Waals surface area contributed by atoms with E-state index < -0.39 is 0 Å². The Bertz CT molecular complexity index is 1210. The van der Waals surface area contributed by atoms with Gasteiger partial charge < -0.3 is 14.2 Å². The molecule has 0 unspecified atom stereocenters. The normalized spacial score (nSPS) is 14.5. The van der Waals surface area contributed by atoms with Crippen LogP contribution in [-0.2, 0) is 11.4 Å². The average molecular weight is 477 g/mol. The lowest BCUT2D eigenvalue weighted by Gasteiger charge is -2.13. The van der Waals surface area contributed by atoms with Gasteiger partial charge in [0.25, 0.3) is 11.1 Å². The summed E-state index contributed by atoms with van der Waals surface area (Å²) in [5.41, 5.74) is 2.80. The molecule has 4 rings (SSSR count). The van der Waals surface area contributed by atoms with Crippen LogP contribution < -0.4 is 14.2 Å². The highest BCUT2D eigenvalue weighted by atomic mass is 32.2. The van der Waals surface area contributed by atoms with Gasteiger partial charge in [0.15, 0.2) is 11.5 Å². The number of aryl methyl sites for hydroxylation is 1. The Kier molecular flexibility index (Phi) is 7.49. The Morgan fingerprint density at radius 1 is 1.00 bits per heavy atom. The van der Waals surface area contributed by atoms with Crippen LogP contribution in [0.5, 0.6) is 17.2 Å². The van der Waals surface area contributed by atoms with E-state index in [0.29, 0.717) is 28.8 Å². The average Bonchev–Trinajstić information content (AvgIpc) is 3.11. The molecule has 174 valence electrons. The molecule has 1 fully saturated rings. The summed E-state index contributed by atoms with van der Waals surface area (Å²) < 4.78 is 17.0. The quantitative estimate of drug-likeness (QED) is 0.398. The van der Waals surface area contributed by atoms with Gasteiger partial charge in [-0.15, -0.1) is 0 Å². The van der Waals surface area contributed by atoms with Gasteiger partial charge in [0.1, 0.15) is 19.0 Å². The molecule has 0 bridgehead atoms.